The van der Waals surface area contributed by atoms with E-state index >= 15 is 0 Å². The Morgan fingerprint density at radius 1 is 1.04 bits per heavy atom. The van der Waals surface area contributed by atoms with Gasteiger partial charge in [0.15, 0.2) is 0 Å². The van der Waals surface area contributed by atoms with Crippen LogP contribution in [0.1, 0.15) is 24.5 Å². The van der Waals surface area contributed by atoms with Crippen LogP contribution in [0.5, 0.6) is 0 Å². The Morgan fingerprint density at radius 2 is 1.68 bits per heavy atom. The summed E-state index contributed by atoms with van der Waals surface area (Å²) in [6.45, 7) is 2.07. The topological polar surface area (TPSA) is 72.5 Å². The molecule has 0 radical (unpaired) electrons. The minimum atomic E-state index is -3.82. The van der Waals surface area contributed by atoms with Crippen molar-refractivity contribution in [3.05, 3.63) is 65.7 Å². The highest BCUT2D eigenvalue weighted by atomic mass is 32.2. The summed E-state index contributed by atoms with van der Waals surface area (Å²) in [6.07, 6.45) is 2.11. The predicted octanol–water partition coefficient (Wildman–Crippen LogP) is 2.70. The van der Waals surface area contributed by atoms with Crippen molar-refractivity contribution in [2.45, 2.75) is 37.1 Å². The first-order valence-corrected chi connectivity index (χ1v) is 9.67. The number of methoxy groups -OCH3 is 1. The predicted molar refractivity (Wildman–Crippen MR) is 96.7 cm³/mol. The average Bonchev–Trinajstić information content (AvgIpc) is 2.62. The zero-order valence-corrected chi connectivity index (χ0v) is 15.3. The van der Waals surface area contributed by atoms with Crippen molar-refractivity contribution in [1.82, 2.24) is 4.72 Å². The summed E-state index contributed by atoms with van der Waals surface area (Å²) >= 11 is 0. The zero-order valence-electron chi connectivity index (χ0n) is 14.4. The van der Waals surface area contributed by atoms with Crippen LogP contribution in [-0.2, 0) is 32.4 Å². The van der Waals surface area contributed by atoms with Gasteiger partial charge in [-0.25, -0.2) is 8.42 Å². The molecule has 0 heterocycles. The van der Waals surface area contributed by atoms with E-state index in [1.165, 1.54) is 7.11 Å². The lowest BCUT2D eigenvalue weighted by Crippen LogP contribution is -2.42. The number of carbonyl (C=O) groups excluding carboxylic acids is 1. The Morgan fingerprint density at radius 3 is 2.24 bits per heavy atom. The molecule has 134 valence electrons. The molecule has 6 heteroatoms. The number of aryl methyl sites for hydroxylation is 1. The fourth-order valence-corrected chi connectivity index (χ4v) is 3.73. The molecule has 2 aromatic rings. The molecule has 5 nitrogen and oxygen atoms in total. The van der Waals surface area contributed by atoms with E-state index in [4.69, 9.17) is 4.74 Å². The summed E-state index contributed by atoms with van der Waals surface area (Å²) < 4.78 is 32.4. The van der Waals surface area contributed by atoms with E-state index < -0.39 is 22.0 Å². The van der Waals surface area contributed by atoms with Gasteiger partial charge in [-0.2, -0.15) is 4.72 Å². The SMILES string of the molecule is CCCc1ccc(S(=O)(=O)N[C@H](Cc2ccccc2)C(=O)OC)cc1. The number of hydrogen-bond acceptors (Lipinski definition) is 4. The van der Waals surface area contributed by atoms with Crippen LogP contribution in [0.3, 0.4) is 0 Å². The van der Waals surface area contributed by atoms with Crippen molar-refractivity contribution in [1.29, 1.82) is 0 Å². The average molecular weight is 361 g/mol. The van der Waals surface area contributed by atoms with Crippen LogP contribution in [0.4, 0.5) is 0 Å². The molecular weight excluding hydrogens is 338 g/mol. The van der Waals surface area contributed by atoms with Gasteiger partial charge in [-0.1, -0.05) is 55.8 Å². The van der Waals surface area contributed by atoms with E-state index in [1.54, 1.807) is 24.3 Å². The number of benzene rings is 2. The molecule has 0 aromatic heterocycles. The molecular formula is C19H23NO4S. The standard InChI is InChI=1S/C19H23NO4S/c1-3-7-15-10-12-17(13-11-15)25(22,23)20-18(19(21)24-2)14-16-8-5-4-6-9-16/h4-6,8-13,18,20H,3,7,14H2,1-2H3/t18-/m1/s1. The summed E-state index contributed by atoms with van der Waals surface area (Å²) in [5.74, 6) is -0.616. The first-order valence-electron chi connectivity index (χ1n) is 8.19. The second-order valence-corrected chi connectivity index (χ2v) is 7.49. The van der Waals surface area contributed by atoms with Crippen LogP contribution < -0.4 is 4.72 Å². The molecule has 0 amide bonds. The lowest BCUT2D eigenvalue weighted by molar-refractivity contribution is -0.142. The fraction of sp³-hybridized carbons (Fsp3) is 0.316. The Kier molecular flexibility index (Phi) is 6.73. The second-order valence-electron chi connectivity index (χ2n) is 5.78. The Labute approximate surface area is 149 Å². The highest BCUT2D eigenvalue weighted by Gasteiger charge is 2.26. The third-order valence-corrected chi connectivity index (χ3v) is 5.33. The molecule has 25 heavy (non-hydrogen) atoms. The number of hydrogen-bond donors (Lipinski definition) is 1. The molecule has 0 saturated carbocycles. The van der Waals surface area contributed by atoms with Gasteiger partial charge in [0.2, 0.25) is 10.0 Å². The largest absolute Gasteiger partial charge is 0.468 e. The maximum Gasteiger partial charge on any atom is 0.324 e. The second kappa shape index (κ2) is 8.78. The van der Waals surface area contributed by atoms with E-state index in [0.29, 0.717) is 0 Å². The quantitative estimate of drug-likeness (QED) is 0.734. The van der Waals surface area contributed by atoms with Crippen molar-refractivity contribution < 1.29 is 17.9 Å². The van der Waals surface area contributed by atoms with E-state index in [9.17, 15) is 13.2 Å². The minimum Gasteiger partial charge on any atom is -0.468 e. The third-order valence-electron chi connectivity index (χ3n) is 3.84. The number of esters is 1. The molecule has 1 atom stereocenters. The molecule has 0 saturated heterocycles. The van der Waals surface area contributed by atoms with Crippen LogP contribution in [0.25, 0.3) is 0 Å². The normalized spacial score (nSPS) is 12.6. The maximum absolute atomic E-state index is 12.6. The van der Waals surface area contributed by atoms with Gasteiger partial charge in [0, 0.05) is 0 Å². The molecule has 0 unspecified atom stereocenters. The maximum atomic E-state index is 12.6. The minimum absolute atomic E-state index is 0.134. The van der Waals surface area contributed by atoms with Gasteiger partial charge >= 0.3 is 5.97 Å². The molecule has 0 aliphatic heterocycles. The van der Waals surface area contributed by atoms with Gasteiger partial charge in [-0.3, -0.25) is 4.79 Å². The number of ether oxygens (including phenoxy) is 1. The van der Waals surface area contributed by atoms with Gasteiger partial charge in [0.1, 0.15) is 6.04 Å². The van der Waals surface area contributed by atoms with E-state index in [-0.39, 0.29) is 11.3 Å². The molecule has 0 aliphatic rings. The summed E-state index contributed by atoms with van der Waals surface area (Å²) in [5.41, 5.74) is 1.93. The Bertz CT molecular complexity index is 786. The number of nitrogens with one attached hydrogen (secondary N) is 1. The lowest BCUT2D eigenvalue weighted by atomic mass is 10.1. The molecule has 0 fully saturated rings. The van der Waals surface area contributed by atoms with Crippen LogP contribution >= 0.6 is 0 Å². The molecule has 0 bridgehead atoms. The van der Waals surface area contributed by atoms with Crippen molar-refractivity contribution in [3.63, 3.8) is 0 Å². The zero-order chi connectivity index (χ0) is 18.3. The number of rotatable bonds is 8. The molecule has 2 aromatic carbocycles. The van der Waals surface area contributed by atoms with Gasteiger partial charge in [0.05, 0.1) is 12.0 Å². The molecule has 1 N–H and O–H groups in total. The van der Waals surface area contributed by atoms with E-state index in [0.717, 1.165) is 24.0 Å². The molecule has 0 aliphatic carbocycles. The third kappa shape index (κ3) is 5.41. The summed E-state index contributed by atoms with van der Waals surface area (Å²) in [4.78, 5) is 12.1. The van der Waals surface area contributed by atoms with Gasteiger partial charge < -0.3 is 4.74 Å². The Balaban J connectivity index is 2.19. The van der Waals surface area contributed by atoms with Crippen LogP contribution in [0.15, 0.2) is 59.5 Å². The van der Waals surface area contributed by atoms with Gasteiger partial charge in [-0.05, 0) is 36.1 Å². The number of sulfonamides is 1. The van der Waals surface area contributed by atoms with Gasteiger partial charge in [0.25, 0.3) is 0 Å². The Hall–Kier alpha value is -2.18. The van der Waals surface area contributed by atoms with Crippen molar-refractivity contribution in [3.8, 4) is 0 Å². The fourth-order valence-electron chi connectivity index (χ4n) is 2.54. The highest BCUT2D eigenvalue weighted by molar-refractivity contribution is 7.89. The summed E-state index contributed by atoms with van der Waals surface area (Å²) in [7, 11) is -2.57. The molecule has 2 rings (SSSR count). The summed E-state index contributed by atoms with van der Waals surface area (Å²) in [6, 6.07) is 14.9. The monoisotopic (exact) mass is 361 g/mol. The van der Waals surface area contributed by atoms with Crippen LogP contribution in [0, 0.1) is 0 Å². The first-order chi connectivity index (χ1) is 12.0. The molecule has 0 spiro atoms. The summed E-state index contributed by atoms with van der Waals surface area (Å²) in [5, 5.41) is 0. The number of carbonyl (C=O) groups is 1. The lowest BCUT2D eigenvalue weighted by Gasteiger charge is -2.17. The van der Waals surface area contributed by atoms with Crippen molar-refractivity contribution >= 4 is 16.0 Å². The van der Waals surface area contributed by atoms with Crippen LogP contribution in [-0.4, -0.2) is 27.5 Å². The highest BCUT2D eigenvalue weighted by Crippen LogP contribution is 2.14. The van der Waals surface area contributed by atoms with Crippen LogP contribution in [0.2, 0.25) is 0 Å². The van der Waals surface area contributed by atoms with E-state index in [2.05, 4.69) is 11.6 Å². The van der Waals surface area contributed by atoms with Crippen molar-refractivity contribution in [2.24, 2.45) is 0 Å². The van der Waals surface area contributed by atoms with Crippen molar-refractivity contribution in [2.75, 3.05) is 7.11 Å². The van der Waals surface area contributed by atoms with E-state index in [1.807, 2.05) is 30.3 Å². The smallest absolute Gasteiger partial charge is 0.324 e. The van der Waals surface area contributed by atoms with Gasteiger partial charge in [-0.15, -0.1) is 0 Å². The first kappa shape index (κ1) is 19.1.